The number of fused-ring (bicyclic) bond motifs is 1. The summed E-state index contributed by atoms with van der Waals surface area (Å²) in [5.41, 5.74) is 2.33. The van der Waals surface area contributed by atoms with Crippen LogP contribution in [0.2, 0.25) is 0 Å². The van der Waals surface area contributed by atoms with Gasteiger partial charge in [0.05, 0.1) is 0 Å². The molecule has 94 valence electrons. The zero-order chi connectivity index (χ0) is 11.8. The van der Waals surface area contributed by atoms with E-state index in [0.29, 0.717) is 11.9 Å². The Morgan fingerprint density at radius 1 is 1.24 bits per heavy atom. The molecule has 0 spiro atoms. The molecule has 17 heavy (non-hydrogen) atoms. The molecule has 2 unspecified atom stereocenters. The summed E-state index contributed by atoms with van der Waals surface area (Å²) in [5.74, 6) is 1.11. The fourth-order valence-corrected chi connectivity index (χ4v) is 3.59. The summed E-state index contributed by atoms with van der Waals surface area (Å²) in [6.07, 6.45) is 6.43. The average molecular weight is 234 g/mol. The van der Waals surface area contributed by atoms with Crippen molar-refractivity contribution in [3.63, 3.8) is 0 Å². The van der Waals surface area contributed by atoms with Gasteiger partial charge in [-0.2, -0.15) is 0 Å². The van der Waals surface area contributed by atoms with Crippen LogP contribution in [-0.2, 0) is 4.79 Å². The molecule has 2 saturated heterocycles. The van der Waals surface area contributed by atoms with Crippen molar-refractivity contribution in [2.75, 3.05) is 19.6 Å². The summed E-state index contributed by atoms with van der Waals surface area (Å²) in [7, 11) is 0. The number of amides is 1. The van der Waals surface area contributed by atoms with Gasteiger partial charge in [-0.05, 0) is 44.1 Å². The molecule has 2 aliphatic heterocycles. The quantitative estimate of drug-likeness (QED) is 0.700. The molecule has 3 rings (SSSR count). The summed E-state index contributed by atoms with van der Waals surface area (Å²) in [6.45, 7) is 4.83. The summed E-state index contributed by atoms with van der Waals surface area (Å²) in [5, 5.41) is 3.22. The highest BCUT2D eigenvalue weighted by atomic mass is 16.2. The fraction of sp³-hybridized carbons (Fsp3) is 0.786. The molecule has 3 heteroatoms. The van der Waals surface area contributed by atoms with Crippen molar-refractivity contribution >= 4 is 5.91 Å². The lowest BCUT2D eigenvalue weighted by atomic mass is 9.91. The average Bonchev–Trinajstić information content (AvgIpc) is 2.73. The van der Waals surface area contributed by atoms with Gasteiger partial charge in [-0.25, -0.2) is 0 Å². The molecule has 3 fully saturated rings. The van der Waals surface area contributed by atoms with Gasteiger partial charge in [0.2, 0.25) is 5.91 Å². The molecule has 2 atom stereocenters. The highest BCUT2D eigenvalue weighted by Crippen LogP contribution is 2.37. The minimum atomic E-state index is 0.318. The van der Waals surface area contributed by atoms with E-state index in [1.165, 1.54) is 37.7 Å². The fourth-order valence-electron chi connectivity index (χ4n) is 3.59. The van der Waals surface area contributed by atoms with E-state index in [4.69, 9.17) is 0 Å². The predicted molar refractivity (Wildman–Crippen MR) is 67.6 cm³/mol. The Morgan fingerprint density at radius 3 is 2.71 bits per heavy atom. The zero-order valence-electron chi connectivity index (χ0n) is 10.7. The highest BCUT2D eigenvalue weighted by Gasteiger charge is 2.37. The molecule has 1 amide bonds. The summed E-state index contributed by atoms with van der Waals surface area (Å²) >= 11 is 0. The van der Waals surface area contributed by atoms with Gasteiger partial charge < -0.3 is 10.2 Å². The van der Waals surface area contributed by atoms with Crippen molar-refractivity contribution in [3.8, 4) is 0 Å². The van der Waals surface area contributed by atoms with Gasteiger partial charge in [0, 0.05) is 31.2 Å². The Morgan fingerprint density at radius 2 is 2.00 bits per heavy atom. The van der Waals surface area contributed by atoms with Crippen LogP contribution in [0.3, 0.4) is 0 Å². The van der Waals surface area contributed by atoms with Crippen molar-refractivity contribution < 1.29 is 4.79 Å². The Kier molecular flexibility index (Phi) is 2.95. The second-order valence-electron chi connectivity index (χ2n) is 5.73. The van der Waals surface area contributed by atoms with Crippen LogP contribution >= 0.6 is 0 Å². The third-order valence-corrected chi connectivity index (χ3v) is 4.78. The Labute approximate surface area is 103 Å². The molecule has 0 aromatic carbocycles. The first-order valence-corrected chi connectivity index (χ1v) is 6.97. The van der Waals surface area contributed by atoms with E-state index in [9.17, 15) is 4.79 Å². The topological polar surface area (TPSA) is 32.3 Å². The van der Waals surface area contributed by atoms with E-state index in [1.54, 1.807) is 0 Å². The summed E-state index contributed by atoms with van der Waals surface area (Å²) in [6, 6.07) is 0.555. The van der Waals surface area contributed by atoms with Gasteiger partial charge in [-0.3, -0.25) is 4.79 Å². The van der Waals surface area contributed by atoms with Crippen LogP contribution in [-0.4, -0.2) is 36.5 Å². The molecular formula is C14H22N2O. The van der Waals surface area contributed by atoms with Crippen LogP contribution in [0.1, 0.15) is 39.0 Å². The van der Waals surface area contributed by atoms with Gasteiger partial charge in [0.1, 0.15) is 0 Å². The largest absolute Gasteiger partial charge is 0.336 e. The van der Waals surface area contributed by atoms with Crippen molar-refractivity contribution in [3.05, 3.63) is 11.1 Å². The van der Waals surface area contributed by atoms with Crippen LogP contribution in [0.15, 0.2) is 11.1 Å². The monoisotopic (exact) mass is 234 g/mol. The maximum Gasteiger partial charge on any atom is 0.249 e. The first kappa shape index (κ1) is 11.3. The van der Waals surface area contributed by atoms with Crippen LogP contribution in [0.25, 0.3) is 0 Å². The number of carbonyl (C=O) groups excluding carboxylic acids is 1. The van der Waals surface area contributed by atoms with E-state index >= 15 is 0 Å². The van der Waals surface area contributed by atoms with Crippen molar-refractivity contribution in [1.82, 2.24) is 10.2 Å². The number of rotatable bonds is 1. The van der Waals surface area contributed by atoms with E-state index < -0.39 is 0 Å². The number of nitrogens with one attached hydrogen (secondary N) is 1. The predicted octanol–water partition coefficient (Wildman–Crippen LogP) is 1.70. The van der Waals surface area contributed by atoms with Crippen molar-refractivity contribution in [1.29, 1.82) is 0 Å². The van der Waals surface area contributed by atoms with Gasteiger partial charge in [-0.15, -0.1) is 0 Å². The Bertz CT molecular complexity index is 355. The van der Waals surface area contributed by atoms with Gasteiger partial charge >= 0.3 is 0 Å². The second kappa shape index (κ2) is 4.45. The third kappa shape index (κ3) is 1.90. The third-order valence-electron chi connectivity index (χ3n) is 4.78. The van der Waals surface area contributed by atoms with Gasteiger partial charge in [0.15, 0.2) is 0 Å². The lowest BCUT2D eigenvalue weighted by molar-refractivity contribution is -0.131. The Hall–Kier alpha value is -0.830. The number of likely N-dealkylation sites (tertiary alicyclic amines) is 1. The van der Waals surface area contributed by atoms with E-state index in [1.807, 2.05) is 6.92 Å². The molecule has 0 bridgehead atoms. The number of hydrogen-bond donors (Lipinski definition) is 1. The maximum atomic E-state index is 12.5. The van der Waals surface area contributed by atoms with Gasteiger partial charge in [0.25, 0.3) is 0 Å². The second-order valence-corrected chi connectivity index (χ2v) is 5.73. The van der Waals surface area contributed by atoms with Crippen LogP contribution in [0, 0.1) is 5.92 Å². The number of hydrogen-bond acceptors (Lipinski definition) is 2. The van der Waals surface area contributed by atoms with E-state index in [-0.39, 0.29) is 0 Å². The molecule has 0 aromatic rings. The SMILES string of the molecule is CC(C(=O)N1CCCC2CCCC21)=C1CNC1. The number of nitrogens with zero attached hydrogens (tertiary/aromatic N) is 1. The lowest BCUT2D eigenvalue weighted by Gasteiger charge is -2.38. The Balaban J connectivity index is 1.76. The zero-order valence-corrected chi connectivity index (χ0v) is 10.7. The minimum Gasteiger partial charge on any atom is -0.336 e. The van der Waals surface area contributed by atoms with Crippen molar-refractivity contribution in [2.24, 2.45) is 5.92 Å². The van der Waals surface area contributed by atoms with Crippen molar-refractivity contribution in [2.45, 2.75) is 45.1 Å². The molecule has 0 aromatic heterocycles. The van der Waals surface area contributed by atoms with Crippen LogP contribution in [0.5, 0.6) is 0 Å². The molecule has 1 saturated carbocycles. The summed E-state index contributed by atoms with van der Waals surface area (Å²) < 4.78 is 0. The minimum absolute atomic E-state index is 0.318. The number of piperidine rings is 1. The van der Waals surface area contributed by atoms with E-state index in [2.05, 4.69) is 10.2 Å². The molecule has 1 N–H and O–H groups in total. The van der Waals surface area contributed by atoms with Crippen LogP contribution in [0.4, 0.5) is 0 Å². The normalized spacial score (nSPS) is 32.1. The van der Waals surface area contributed by atoms with Crippen LogP contribution < -0.4 is 5.32 Å². The first-order chi connectivity index (χ1) is 8.27. The first-order valence-electron chi connectivity index (χ1n) is 6.97. The molecule has 0 radical (unpaired) electrons. The number of carbonyl (C=O) groups is 1. The van der Waals surface area contributed by atoms with E-state index in [0.717, 1.165) is 31.1 Å². The maximum absolute atomic E-state index is 12.5. The van der Waals surface area contributed by atoms with Gasteiger partial charge in [-0.1, -0.05) is 6.42 Å². The standard InChI is InChI=1S/C14H22N2O/c1-10(12-8-15-9-12)14(17)16-7-3-5-11-4-2-6-13(11)16/h11,13,15H,2-9H2,1H3. The smallest absolute Gasteiger partial charge is 0.249 e. The molecule has 3 nitrogen and oxygen atoms in total. The molecular weight excluding hydrogens is 212 g/mol. The molecule has 3 aliphatic rings. The summed E-state index contributed by atoms with van der Waals surface area (Å²) in [4.78, 5) is 14.7. The molecule has 2 heterocycles. The molecule has 1 aliphatic carbocycles. The highest BCUT2D eigenvalue weighted by molar-refractivity contribution is 5.94. The lowest BCUT2D eigenvalue weighted by Crippen LogP contribution is -2.47.